The van der Waals surface area contributed by atoms with Crippen LogP contribution >= 0.6 is 35.6 Å². The summed E-state index contributed by atoms with van der Waals surface area (Å²) >= 11 is 6.17. The Morgan fingerprint density at radius 1 is 1.22 bits per heavy atom. The second-order valence-corrected chi connectivity index (χ2v) is 7.63. The van der Waals surface area contributed by atoms with E-state index in [2.05, 4.69) is 25.6 Å². The van der Waals surface area contributed by atoms with Gasteiger partial charge in [0.2, 0.25) is 5.91 Å². The zero-order valence-corrected chi connectivity index (χ0v) is 21.4. The fourth-order valence-electron chi connectivity index (χ4n) is 3.11. The molecule has 3 rings (SSSR count). The molecule has 0 aliphatic heterocycles. The zero-order chi connectivity index (χ0) is 22.2. The molecule has 0 bridgehead atoms. The first kappa shape index (κ1) is 25.7. The molecule has 0 aliphatic carbocycles. The van der Waals surface area contributed by atoms with Gasteiger partial charge in [-0.05, 0) is 30.2 Å². The Balaban J connectivity index is 0.00000363. The molecule has 7 nitrogen and oxygen atoms in total. The van der Waals surface area contributed by atoms with Crippen molar-refractivity contribution in [3.05, 3.63) is 71.1 Å². The number of aliphatic imine (C=N–C) groups is 1. The number of hydrogen-bond acceptors (Lipinski definition) is 3. The van der Waals surface area contributed by atoms with Gasteiger partial charge in [0.25, 0.3) is 0 Å². The van der Waals surface area contributed by atoms with E-state index >= 15 is 0 Å². The van der Waals surface area contributed by atoms with Gasteiger partial charge in [0.05, 0.1) is 29.1 Å². The van der Waals surface area contributed by atoms with E-state index in [4.69, 9.17) is 11.6 Å². The quantitative estimate of drug-likeness (QED) is 0.220. The van der Waals surface area contributed by atoms with E-state index in [-0.39, 0.29) is 36.3 Å². The van der Waals surface area contributed by atoms with E-state index in [0.29, 0.717) is 29.8 Å². The van der Waals surface area contributed by atoms with E-state index < -0.39 is 0 Å². The van der Waals surface area contributed by atoms with Gasteiger partial charge in [-0.15, -0.1) is 24.0 Å². The molecule has 9 heteroatoms. The highest BCUT2D eigenvalue weighted by molar-refractivity contribution is 14.0. The maximum atomic E-state index is 12.2. The number of anilines is 1. The Hall–Kier alpha value is -2.59. The molecular formula is C23H28ClIN6O. The van der Waals surface area contributed by atoms with E-state index in [1.165, 1.54) is 0 Å². The lowest BCUT2D eigenvalue weighted by Gasteiger charge is -2.21. The van der Waals surface area contributed by atoms with Crippen LogP contribution in [0.1, 0.15) is 17.8 Å². The lowest BCUT2D eigenvalue weighted by molar-refractivity contribution is -0.116. The Morgan fingerprint density at radius 2 is 1.97 bits per heavy atom. The first-order valence-electron chi connectivity index (χ1n) is 10.0. The number of carbonyl (C=O) groups is 1. The second kappa shape index (κ2) is 12.4. The summed E-state index contributed by atoms with van der Waals surface area (Å²) < 4.78 is 0. The van der Waals surface area contributed by atoms with Crippen LogP contribution in [0.4, 0.5) is 5.69 Å². The Bertz CT molecular complexity index is 1050. The van der Waals surface area contributed by atoms with Gasteiger partial charge in [0.1, 0.15) is 5.82 Å². The van der Waals surface area contributed by atoms with Crippen LogP contribution < -0.4 is 10.6 Å². The normalized spacial score (nSPS) is 10.9. The van der Waals surface area contributed by atoms with E-state index in [1.807, 2.05) is 73.6 Å². The van der Waals surface area contributed by atoms with Crippen molar-refractivity contribution in [2.45, 2.75) is 19.9 Å². The Labute approximate surface area is 210 Å². The maximum absolute atomic E-state index is 12.2. The van der Waals surface area contributed by atoms with Gasteiger partial charge in [-0.1, -0.05) is 48.0 Å². The van der Waals surface area contributed by atoms with Crippen molar-refractivity contribution in [2.75, 3.05) is 26.0 Å². The Kier molecular flexibility index (Phi) is 9.98. The summed E-state index contributed by atoms with van der Waals surface area (Å²) in [6.45, 7) is 2.95. The van der Waals surface area contributed by atoms with Gasteiger partial charge in [-0.3, -0.25) is 9.79 Å². The molecule has 3 N–H and O–H groups in total. The number of aromatic amines is 1. The number of aromatic nitrogens is 2. The van der Waals surface area contributed by atoms with Gasteiger partial charge in [0.15, 0.2) is 5.96 Å². The van der Waals surface area contributed by atoms with Crippen LogP contribution in [-0.2, 0) is 11.3 Å². The molecule has 1 heterocycles. The first-order valence-corrected chi connectivity index (χ1v) is 10.4. The van der Waals surface area contributed by atoms with Crippen LogP contribution in [0.5, 0.6) is 0 Å². The topological polar surface area (TPSA) is 85.4 Å². The van der Waals surface area contributed by atoms with Gasteiger partial charge in [0, 0.05) is 27.1 Å². The third kappa shape index (κ3) is 7.23. The SMILES string of the molecule is CN=C(NCCC(=O)Nc1ccc(C)cc1Cl)N(C)Cc1ncc(-c2ccccc2)[nH]1.I. The average Bonchev–Trinajstić information content (AvgIpc) is 3.22. The third-order valence-electron chi connectivity index (χ3n) is 4.71. The number of hydrogen-bond donors (Lipinski definition) is 3. The smallest absolute Gasteiger partial charge is 0.226 e. The average molecular weight is 567 g/mol. The lowest BCUT2D eigenvalue weighted by Crippen LogP contribution is -2.39. The zero-order valence-electron chi connectivity index (χ0n) is 18.4. The van der Waals surface area contributed by atoms with Crippen molar-refractivity contribution in [1.29, 1.82) is 0 Å². The van der Waals surface area contributed by atoms with Gasteiger partial charge >= 0.3 is 0 Å². The minimum atomic E-state index is -0.116. The number of amides is 1. The molecule has 3 aromatic rings. The molecular weight excluding hydrogens is 539 g/mol. The summed E-state index contributed by atoms with van der Waals surface area (Å²) in [6, 6.07) is 15.6. The monoisotopic (exact) mass is 566 g/mol. The van der Waals surface area contributed by atoms with Crippen molar-refractivity contribution in [2.24, 2.45) is 4.99 Å². The fraction of sp³-hybridized carbons (Fsp3) is 0.261. The molecule has 0 spiro atoms. The lowest BCUT2D eigenvalue weighted by atomic mass is 10.2. The number of guanidine groups is 1. The number of aryl methyl sites for hydroxylation is 1. The molecule has 0 unspecified atom stereocenters. The second-order valence-electron chi connectivity index (χ2n) is 7.22. The molecule has 1 amide bonds. The summed E-state index contributed by atoms with van der Waals surface area (Å²) in [4.78, 5) is 26.3. The maximum Gasteiger partial charge on any atom is 0.226 e. The number of carbonyl (C=O) groups excluding carboxylic acids is 1. The number of nitrogens with one attached hydrogen (secondary N) is 3. The summed E-state index contributed by atoms with van der Waals surface area (Å²) in [5.74, 6) is 1.39. The summed E-state index contributed by atoms with van der Waals surface area (Å²) in [7, 11) is 3.63. The summed E-state index contributed by atoms with van der Waals surface area (Å²) in [5, 5.41) is 6.58. The number of nitrogens with zero attached hydrogens (tertiary/aromatic N) is 3. The predicted octanol–water partition coefficient (Wildman–Crippen LogP) is 4.69. The predicted molar refractivity (Wildman–Crippen MR) is 142 cm³/mol. The minimum Gasteiger partial charge on any atom is -0.356 e. The Morgan fingerprint density at radius 3 is 2.66 bits per heavy atom. The molecule has 0 saturated heterocycles. The van der Waals surface area contributed by atoms with Crippen LogP contribution in [0, 0.1) is 6.92 Å². The highest BCUT2D eigenvalue weighted by Crippen LogP contribution is 2.22. The van der Waals surface area contributed by atoms with Gasteiger partial charge in [-0.2, -0.15) is 0 Å². The third-order valence-corrected chi connectivity index (χ3v) is 5.02. The summed E-state index contributed by atoms with van der Waals surface area (Å²) in [5.41, 5.74) is 3.72. The van der Waals surface area contributed by atoms with Crippen molar-refractivity contribution in [3.63, 3.8) is 0 Å². The van der Waals surface area contributed by atoms with Crippen molar-refractivity contribution in [3.8, 4) is 11.3 Å². The number of imidazole rings is 1. The molecule has 0 fully saturated rings. The molecule has 0 radical (unpaired) electrons. The number of benzene rings is 2. The fourth-order valence-corrected chi connectivity index (χ4v) is 3.40. The highest BCUT2D eigenvalue weighted by atomic mass is 127. The van der Waals surface area contributed by atoms with Crippen molar-refractivity contribution >= 4 is 53.1 Å². The van der Waals surface area contributed by atoms with Gasteiger partial charge in [-0.25, -0.2) is 4.98 Å². The largest absolute Gasteiger partial charge is 0.356 e. The van der Waals surface area contributed by atoms with E-state index in [1.54, 1.807) is 7.05 Å². The number of H-pyrrole nitrogens is 1. The number of halogens is 2. The highest BCUT2D eigenvalue weighted by Gasteiger charge is 2.11. The van der Waals surface area contributed by atoms with E-state index in [0.717, 1.165) is 22.6 Å². The van der Waals surface area contributed by atoms with Crippen LogP contribution in [0.2, 0.25) is 5.02 Å². The first-order chi connectivity index (χ1) is 15.0. The minimum absolute atomic E-state index is 0. The van der Waals surface area contributed by atoms with Crippen LogP contribution in [0.3, 0.4) is 0 Å². The molecule has 0 saturated carbocycles. The number of rotatable bonds is 7. The van der Waals surface area contributed by atoms with Crippen LogP contribution in [0.15, 0.2) is 59.7 Å². The summed E-state index contributed by atoms with van der Waals surface area (Å²) in [6.07, 6.45) is 2.12. The van der Waals surface area contributed by atoms with E-state index in [9.17, 15) is 4.79 Å². The standard InChI is InChI=1S/C23H27ClN6O.HI/c1-16-9-10-19(18(24)13-16)29-22(31)11-12-26-23(25-2)30(3)15-21-27-14-20(28-21)17-7-5-4-6-8-17;/h4-10,13-14H,11-12,15H2,1-3H3,(H,25,26)(H,27,28)(H,29,31);1H. The molecule has 170 valence electrons. The molecule has 32 heavy (non-hydrogen) atoms. The molecule has 2 aromatic carbocycles. The van der Waals surface area contributed by atoms with Crippen molar-refractivity contribution < 1.29 is 4.79 Å². The molecule has 0 atom stereocenters. The van der Waals surface area contributed by atoms with Gasteiger partial charge < -0.3 is 20.5 Å². The van der Waals surface area contributed by atoms with Crippen LogP contribution in [0.25, 0.3) is 11.3 Å². The molecule has 1 aromatic heterocycles. The van der Waals surface area contributed by atoms with Crippen molar-refractivity contribution in [1.82, 2.24) is 20.2 Å². The van der Waals surface area contributed by atoms with Crippen LogP contribution in [-0.4, -0.2) is 47.4 Å². The molecule has 0 aliphatic rings.